The van der Waals surface area contributed by atoms with Crippen LogP contribution < -0.4 is 5.32 Å². The summed E-state index contributed by atoms with van der Waals surface area (Å²) in [6.07, 6.45) is 50.4. The standard InChI is InChI=1S/C41H73NO3/c1-3-5-7-9-11-13-15-16-17-18-19-20-21-22-23-24-25-26-27-29-31-33-35-37-41(45)42-39(38-43)40(44)36-34-32-30-28-14-12-10-8-6-4-2/h6,8,14,19-20,22-23,28,34,36,39-40,43-44H,3-5,7,9-13,15-18,21,24-27,29-33,35,37-38H2,1-2H3,(H,42,45)/b8-6+,20-19-,23-22-,28-14+,36-34+. The molecule has 0 radical (unpaired) electrons. The van der Waals surface area contributed by atoms with Crippen LogP contribution in [0.4, 0.5) is 0 Å². The van der Waals surface area contributed by atoms with Gasteiger partial charge in [0.2, 0.25) is 5.91 Å². The molecule has 0 bridgehead atoms. The Morgan fingerprint density at radius 3 is 1.51 bits per heavy atom. The summed E-state index contributed by atoms with van der Waals surface area (Å²) in [5.74, 6) is -0.0910. The van der Waals surface area contributed by atoms with Crippen molar-refractivity contribution in [3.05, 3.63) is 60.8 Å². The minimum Gasteiger partial charge on any atom is -0.394 e. The molecule has 4 heteroatoms. The lowest BCUT2D eigenvalue weighted by Gasteiger charge is -2.19. The number of amides is 1. The Hall–Kier alpha value is -1.91. The summed E-state index contributed by atoms with van der Waals surface area (Å²) in [7, 11) is 0. The zero-order valence-corrected chi connectivity index (χ0v) is 29.6. The summed E-state index contributed by atoms with van der Waals surface area (Å²) in [6, 6.07) is -0.649. The molecule has 0 heterocycles. The van der Waals surface area contributed by atoms with Crippen LogP contribution in [0.25, 0.3) is 0 Å². The van der Waals surface area contributed by atoms with E-state index in [-0.39, 0.29) is 12.5 Å². The van der Waals surface area contributed by atoms with E-state index in [0.29, 0.717) is 6.42 Å². The van der Waals surface area contributed by atoms with Gasteiger partial charge in [-0.3, -0.25) is 4.79 Å². The van der Waals surface area contributed by atoms with Crippen LogP contribution in [0.5, 0.6) is 0 Å². The molecular formula is C41H73NO3. The van der Waals surface area contributed by atoms with Crippen LogP contribution in [0.15, 0.2) is 60.8 Å². The first-order valence-corrected chi connectivity index (χ1v) is 19.0. The van der Waals surface area contributed by atoms with Gasteiger partial charge in [0.1, 0.15) is 0 Å². The van der Waals surface area contributed by atoms with Gasteiger partial charge in [-0.15, -0.1) is 0 Å². The van der Waals surface area contributed by atoms with E-state index >= 15 is 0 Å². The van der Waals surface area contributed by atoms with E-state index < -0.39 is 12.1 Å². The lowest BCUT2D eigenvalue weighted by molar-refractivity contribution is -0.123. The molecule has 0 fully saturated rings. The Morgan fingerprint density at radius 1 is 0.556 bits per heavy atom. The van der Waals surface area contributed by atoms with Gasteiger partial charge < -0.3 is 15.5 Å². The number of hydrogen-bond donors (Lipinski definition) is 3. The van der Waals surface area contributed by atoms with Crippen LogP contribution in [-0.4, -0.2) is 34.9 Å². The Morgan fingerprint density at radius 2 is 1.00 bits per heavy atom. The molecule has 0 aliphatic heterocycles. The molecule has 0 aromatic carbocycles. The first-order chi connectivity index (χ1) is 22.2. The van der Waals surface area contributed by atoms with E-state index in [2.05, 4.69) is 67.8 Å². The van der Waals surface area contributed by atoms with Gasteiger partial charge in [-0.25, -0.2) is 0 Å². The summed E-state index contributed by atoms with van der Waals surface area (Å²) in [6.45, 7) is 4.15. The SMILES string of the molecule is CC/C=C/CC/C=C/CC/C=C/C(O)C(CO)NC(=O)CCCCCCCCC/C=C\C/C=C\CCCCCCCCCCC. The van der Waals surface area contributed by atoms with Crippen molar-refractivity contribution >= 4 is 5.91 Å². The molecule has 4 nitrogen and oxygen atoms in total. The normalized spacial score (nSPS) is 13.8. The number of hydrogen-bond acceptors (Lipinski definition) is 3. The average Bonchev–Trinajstić information content (AvgIpc) is 3.04. The highest BCUT2D eigenvalue weighted by Crippen LogP contribution is 2.12. The lowest BCUT2D eigenvalue weighted by Crippen LogP contribution is -2.45. The summed E-state index contributed by atoms with van der Waals surface area (Å²) in [4.78, 5) is 12.3. The molecule has 1 amide bonds. The second kappa shape index (κ2) is 36.6. The monoisotopic (exact) mass is 628 g/mol. The first-order valence-electron chi connectivity index (χ1n) is 19.0. The third-order valence-corrected chi connectivity index (χ3v) is 8.21. The fraction of sp³-hybridized carbons (Fsp3) is 0.732. The highest BCUT2D eigenvalue weighted by Gasteiger charge is 2.17. The maximum atomic E-state index is 12.3. The van der Waals surface area contributed by atoms with Crippen molar-refractivity contribution in [3.8, 4) is 0 Å². The Bertz CT molecular complexity index is 767. The number of aliphatic hydroxyl groups excluding tert-OH is 2. The van der Waals surface area contributed by atoms with Crippen molar-refractivity contribution in [2.75, 3.05) is 6.61 Å². The van der Waals surface area contributed by atoms with Gasteiger partial charge in [-0.1, -0.05) is 158 Å². The molecule has 0 aliphatic carbocycles. The minimum atomic E-state index is -0.872. The van der Waals surface area contributed by atoms with Crippen LogP contribution in [0.2, 0.25) is 0 Å². The van der Waals surface area contributed by atoms with Gasteiger partial charge in [0.25, 0.3) is 0 Å². The number of rotatable bonds is 33. The molecule has 0 aromatic rings. The van der Waals surface area contributed by atoms with Crippen molar-refractivity contribution < 1.29 is 15.0 Å². The number of unbranched alkanes of at least 4 members (excludes halogenated alkanes) is 18. The van der Waals surface area contributed by atoms with Crippen molar-refractivity contribution in [2.45, 2.75) is 187 Å². The maximum Gasteiger partial charge on any atom is 0.220 e. The zero-order chi connectivity index (χ0) is 32.9. The van der Waals surface area contributed by atoms with Crippen LogP contribution >= 0.6 is 0 Å². The number of nitrogens with one attached hydrogen (secondary N) is 1. The molecular weight excluding hydrogens is 554 g/mol. The smallest absolute Gasteiger partial charge is 0.220 e. The number of allylic oxidation sites excluding steroid dienone is 9. The average molecular weight is 628 g/mol. The predicted molar refractivity (Wildman–Crippen MR) is 197 cm³/mol. The van der Waals surface area contributed by atoms with Crippen LogP contribution in [0.3, 0.4) is 0 Å². The molecule has 0 aromatic heterocycles. The molecule has 0 spiro atoms. The van der Waals surface area contributed by atoms with Crippen LogP contribution in [0.1, 0.15) is 174 Å². The van der Waals surface area contributed by atoms with Crippen LogP contribution in [-0.2, 0) is 4.79 Å². The fourth-order valence-corrected chi connectivity index (χ4v) is 5.30. The molecule has 0 rings (SSSR count). The number of aliphatic hydroxyl groups is 2. The molecule has 0 aliphatic rings. The zero-order valence-electron chi connectivity index (χ0n) is 29.6. The number of carbonyl (C=O) groups is 1. The fourth-order valence-electron chi connectivity index (χ4n) is 5.30. The highest BCUT2D eigenvalue weighted by molar-refractivity contribution is 5.76. The van der Waals surface area contributed by atoms with Gasteiger partial charge >= 0.3 is 0 Å². The summed E-state index contributed by atoms with van der Waals surface area (Å²) in [5.41, 5.74) is 0. The van der Waals surface area contributed by atoms with Crippen molar-refractivity contribution in [1.29, 1.82) is 0 Å². The molecule has 0 saturated carbocycles. The van der Waals surface area contributed by atoms with Gasteiger partial charge in [-0.2, -0.15) is 0 Å². The predicted octanol–water partition coefficient (Wildman–Crippen LogP) is 11.4. The number of carbonyl (C=O) groups excluding carboxylic acids is 1. The highest BCUT2D eigenvalue weighted by atomic mass is 16.3. The molecule has 0 saturated heterocycles. The lowest BCUT2D eigenvalue weighted by atomic mass is 10.1. The summed E-state index contributed by atoms with van der Waals surface area (Å²) >= 11 is 0. The van der Waals surface area contributed by atoms with E-state index in [9.17, 15) is 15.0 Å². The minimum absolute atomic E-state index is 0.0910. The van der Waals surface area contributed by atoms with Gasteiger partial charge in [0.15, 0.2) is 0 Å². The summed E-state index contributed by atoms with van der Waals surface area (Å²) < 4.78 is 0. The quantitative estimate of drug-likeness (QED) is 0.0501. The Balaban J connectivity index is 3.63. The Kier molecular flexibility index (Phi) is 35.0. The molecule has 45 heavy (non-hydrogen) atoms. The van der Waals surface area contributed by atoms with E-state index in [1.165, 1.54) is 96.3 Å². The van der Waals surface area contributed by atoms with Gasteiger partial charge in [0.05, 0.1) is 18.8 Å². The summed E-state index contributed by atoms with van der Waals surface area (Å²) in [5, 5.41) is 22.8. The van der Waals surface area contributed by atoms with Crippen LogP contribution in [0, 0.1) is 0 Å². The van der Waals surface area contributed by atoms with Gasteiger partial charge in [0, 0.05) is 6.42 Å². The van der Waals surface area contributed by atoms with Crippen molar-refractivity contribution in [2.24, 2.45) is 0 Å². The Labute approximate surface area is 279 Å². The molecule has 2 atom stereocenters. The second-order valence-electron chi connectivity index (χ2n) is 12.6. The van der Waals surface area contributed by atoms with E-state index in [4.69, 9.17) is 0 Å². The molecule has 2 unspecified atom stereocenters. The van der Waals surface area contributed by atoms with Gasteiger partial charge in [-0.05, 0) is 70.6 Å². The van der Waals surface area contributed by atoms with Crippen molar-refractivity contribution in [3.63, 3.8) is 0 Å². The molecule has 3 N–H and O–H groups in total. The van der Waals surface area contributed by atoms with E-state index in [1.54, 1.807) is 6.08 Å². The first kappa shape index (κ1) is 43.1. The maximum absolute atomic E-state index is 12.3. The van der Waals surface area contributed by atoms with E-state index in [0.717, 1.165) is 57.8 Å². The molecule has 260 valence electrons. The third-order valence-electron chi connectivity index (χ3n) is 8.21. The topological polar surface area (TPSA) is 69.6 Å². The largest absolute Gasteiger partial charge is 0.394 e. The van der Waals surface area contributed by atoms with E-state index in [1.807, 2.05) is 6.08 Å². The van der Waals surface area contributed by atoms with Crippen molar-refractivity contribution in [1.82, 2.24) is 5.32 Å². The third kappa shape index (κ3) is 33.3. The second-order valence-corrected chi connectivity index (χ2v) is 12.6.